The van der Waals surface area contributed by atoms with Crippen LogP contribution in [-0.2, 0) is 31.4 Å². The van der Waals surface area contributed by atoms with Gasteiger partial charge in [-0.25, -0.2) is 4.79 Å². The fourth-order valence-corrected chi connectivity index (χ4v) is 0. The van der Waals surface area contributed by atoms with E-state index in [4.69, 9.17) is 5.26 Å². The predicted molar refractivity (Wildman–Crippen MR) is 14.4 cm³/mol. The third-order valence-corrected chi connectivity index (χ3v) is 0.129. The first-order chi connectivity index (χ1) is 2.27. The Morgan fingerprint density at radius 3 is 2.00 bits per heavy atom. The van der Waals surface area contributed by atoms with E-state index in [2.05, 4.69) is 4.89 Å². The number of hydrogen-bond donors (Lipinski definition) is 1. The van der Waals surface area contributed by atoms with Gasteiger partial charge in [0.2, 0.25) is 0 Å². The zero-order valence-electron chi connectivity index (χ0n) is 3.26. The fourth-order valence-electron chi connectivity index (χ4n) is 0. The van der Waals surface area contributed by atoms with E-state index in [1.807, 2.05) is 0 Å². The average molecular weight is 124 g/mol. The van der Waals surface area contributed by atoms with Crippen LogP contribution in [0.2, 0.25) is 0 Å². The average Bonchev–Trinajstić information content (AvgIpc) is 1.38. The standard InChI is InChI=1S/C2H4O3.Ti/c1-2(3)5-4;/h4H,1H3;. The van der Waals surface area contributed by atoms with E-state index in [9.17, 15) is 4.79 Å². The third kappa shape index (κ3) is 8.91. The van der Waals surface area contributed by atoms with Crippen molar-refractivity contribution in [2.45, 2.75) is 6.92 Å². The summed E-state index contributed by atoms with van der Waals surface area (Å²) in [6.07, 6.45) is 0. The molecule has 6 heavy (non-hydrogen) atoms. The summed E-state index contributed by atoms with van der Waals surface area (Å²) >= 11 is 0. The molecule has 3 nitrogen and oxygen atoms in total. The van der Waals surface area contributed by atoms with Crippen molar-refractivity contribution in [3.63, 3.8) is 0 Å². The zero-order valence-corrected chi connectivity index (χ0v) is 4.83. The van der Waals surface area contributed by atoms with Gasteiger partial charge in [-0.05, 0) is 0 Å². The van der Waals surface area contributed by atoms with Gasteiger partial charge in [-0.15, -0.1) is 0 Å². The molecule has 1 N–H and O–H groups in total. The Balaban J connectivity index is 0. The summed E-state index contributed by atoms with van der Waals surface area (Å²) in [4.78, 5) is 12.5. The number of hydrogen-bond acceptors (Lipinski definition) is 3. The van der Waals surface area contributed by atoms with Crippen molar-refractivity contribution in [2.75, 3.05) is 0 Å². The summed E-state index contributed by atoms with van der Waals surface area (Å²) in [7, 11) is 0. The molecule has 0 rings (SSSR count). The smallest absolute Gasteiger partial charge is 0.301 e. The normalized spacial score (nSPS) is 5.67. The molecule has 4 heteroatoms. The van der Waals surface area contributed by atoms with Crippen molar-refractivity contribution in [3.05, 3.63) is 0 Å². The summed E-state index contributed by atoms with van der Waals surface area (Å²) in [6, 6.07) is 0. The van der Waals surface area contributed by atoms with Crippen LogP contribution in [0.4, 0.5) is 0 Å². The Hall–Kier alpha value is 0.144. The van der Waals surface area contributed by atoms with Crippen LogP contribution in [0.1, 0.15) is 6.92 Å². The van der Waals surface area contributed by atoms with Gasteiger partial charge in [0.05, 0.1) is 0 Å². The summed E-state index contributed by atoms with van der Waals surface area (Å²) in [5, 5.41) is 7.29. The first kappa shape index (κ1) is 9.47. The molecular weight excluding hydrogens is 120 g/mol. The molecule has 0 aromatic heterocycles. The van der Waals surface area contributed by atoms with E-state index < -0.39 is 5.97 Å². The molecule has 0 radical (unpaired) electrons. The molecule has 0 bridgehead atoms. The second-order valence-corrected chi connectivity index (χ2v) is 0.583. The monoisotopic (exact) mass is 124 g/mol. The minimum absolute atomic E-state index is 0. The first-order valence-corrected chi connectivity index (χ1v) is 1.09. The molecule has 0 saturated heterocycles. The fraction of sp³-hybridized carbons (Fsp3) is 0.500. The third-order valence-electron chi connectivity index (χ3n) is 0.129. The van der Waals surface area contributed by atoms with Gasteiger partial charge >= 0.3 is 5.97 Å². The van der Waals surface area contributed by atoms with E-state index in [-0.39, 0.29) is 21.7 Å². The second kappa shape index (κ2) is 5.14. The number of carbonyl (C=O) groups is 1. The Morgan fingerprint density at radius 1 is 1.83 bits per heavy atom. The maximum atomic E-state index is 9.34. The molecule has 0 spiro atoms. The van der Waals surface area contributed by atoms with Crippen LogP contribution in [-0.4, -0.2) is 11.2 Å². The van der Waals surface area contributed by atoms with Gasteiger partial charge in [-0.2, -0.15) is 5.26 Å². The van der Waals surface area contributed by atoms with Gasteiger partial charge < -0.3 is 4.89 Å². The molecule has 0 fully saturated rings. The van der Waals surface area contributed by atoms with Crippen LogP contribution in [0.3, 0.4) is 0 Å². The van der Waals surface area contributed by atoms with Gasteiger partial charge in [0, 0.05) is 28.6 Å². The minimum Gasteiger partial charge on any atom is -0.301 e. The van der Waals surface area contributed by atoms with Crippen LogP contribution in [0.15, 0.2) is 0 Å². The van der Waals surface area contributed by atoms with Crippen LogP contribution in [0.25, 0.3) is 0 Å². The predicted octanol–water partition coefficient (Wildman–Crippen LogP) is 0.0200. The van der Waals surface area contributed by atoms with Gasteiger partial charge in [-0.1, -0.05) is 0 Å². The molecule has 0 aromatic carbocycles. The molecule has 0 aliphatic carbocycles. The van der Waals surface area contributed by atoms with Gasteiger partial charge in [0.25, 0.3) is 0 Å². The minimum atomic E-state index is -0.690. The maximum absolute atomic E-state index is 9.34. The molecule has 34 valence electrons. The van der Waals surface area contributed by atoms with E-state index >= 15 is 0 Å². The van der Waals surface area contributed by atoms with E-state index in [0.717, 1.165) is 6.92 Å². The van der Waals surface area contributed by atoms with Gasteiger partial charge in [0.1, 0.15) is 0 Å². The molecule has 0 heterocycles. The number of rotatable bonds is 0. The maximum Gasteiger partial charge on any atom is 0.339 e. The first-order valence-electron chi connectivity index (χ1n) is 1.09. The van der Waals surface area contributed by atoms with Crippen molar-refractivity contribution in [1.82, 2.24) is 0 Å². The van der Waals surface area contributed by atoms with Gasteiger partial charge in [0.15, 0.2) is 0 Å². The van der Waals surface area contributed by atoms with Crippen LogP contribution < -0.4 is 0 Å². The quantitative estimate of drug-likeness (QED) is 0.281. The summed E-state index contributed by atoms with van der Waals surface area (Å²) in [5.74, 6) is -0.690. The van der Waals surface area contributed by atoms with Crippen LogP contribution >= 0.6 is 0 Å². The summed E-state index contributed by atoms with van der Waals surface area (Å²) < 4.78 is 0. The Kier molecular flexibility index (Phi) is 8.12. The van der Waals surface area contributed by atoms with Crippen molar-refractivity contribution in [3.8, 4) is 0 Å². The van der Waals surface area contributed by atoms with Crippen molar-refractivity contribution in [1.29, 1.82) is 0 Å². The van der Waals surface area contributed by atoms with E-state index in [1.54, 1.807) is 0 Å². The molecule has 0 unspecified atom stereocenters. The number of carbonyl (C=O) groups excluding carboxylic acids is 1. The Morgan fingerprint density at radius 2 is 2.00 bits per heavy atom. The summed E-state index contributed by atoms with van der Waals surface area (Å²) in [5.41, 5.74) is 0. The van der Waals surface area contributed by atoms with Crippen molar-refractivity contribution < 1.29 is 36.7 Å². The Bertz CT molecular complexity index is 44.1. The molecule has 0 atom stereocenters. The molecular formula is C2H4O3Ti. The van der Waals surface area contributed by atoms with Crippen molar-refractivity contribution >= 4 is 5.97 Å². The molecule has 0 saturated carbocycles. The van der Waals surface area contributed by atoms with E-state index in [0.29, 0.717) is 0 Å². The SMILES string of the molecule is CC(=O)OO.[Ti]. The molecule has 0 aliphatic rings. The molecule has 0 amide bonds. The molecule has 0 aliphatic heterocycles. The van der Waals surface area contributed by atoms with Crippen LogP contribution in [0, 0.1) is 0 Å². The topological polar surface area (TPSA) is 46.5 Å². The zero-order chi connectivity index (χ0) is 4.28. The second-order valence-electron chi connectivity index (χ2n) is 0.583. The molecule has 0 aromatic rings. The largest absolute Gasteiger partial charge is 0.339 e. The van der Waals surface area contributed by atoms with Gasteiger partial charge in [-0.3, -0.25) is 0 Å². The Labute approximate surface area is 50.1 Å². The van der Waals surface area contributed by atoms with Crippen molar-refractivity contribution in [2.24, 2.45) is 0 Å². The van der Waals surface area contributed by atoms with Crippen LogP contribution in [0.5, 0.6) is 0 Å². The van der Waals surface area contributed by atoms with E-state index in [1.165, 1.54) is 0 Å². The summed E-state index contributed by atoms with van der Waals surface area (Å²) in [6.45, 7) is 1.11.